The lowest BCUT2D eigenvalue weighted by Gasteiger charge is -2.09. The van der Waals surface area contributed by atoms with Crippen molar-refractivity contribution in [1.29, 1.82) is 0 Å². The van der Waals surface area contributed by atoms with E-state index in [-0.39, 0.29) is 11.1 Å². The average molecular weight is 294 g/mol. The molecular formula is C19H15FO2. The van der Waals surface area contributed by atoms with Crippen molar-refractivity contribution in [2.75, 3.05) is 0 Å². The molecule has 3 rings (SSSR count). The van der Waals surface area contributed by atoms with Gasteiger partial charge >= 0.3 is 5.97 Å². The number of fused-ring (bicyclic) bond motifs is 1. The van der Waals surface area contributed by atoms with Crippen molar-refractivity contribution in [1.82, 2.24) is 0 Å². The fraction of sp³-hybridized carbons (Fsp3) is 0.105. The molecule has 110 valence electrons. The van der Waals surface area contributed by atoms with Gasteiger partial charge in [-0.1, -0.05) is 48.5 Å². The molecule has 0 amide bonds. The lowest BCUT2D eigenvalue weighted by molar-refractivity contribution is 0.0695. The zero-order chi connectivity index (χ0) is 15.5. The zero-order valence-electron chi connectivity index (χ0n) is 11.9. The molecule has 1 N–H and O–H groups in total. The van der Waals surface area contributed by atoms with Crippen LogP contribution in [-0.4, -0.2) is 11.1 Å². The van der Waals surface area contributed by atoms with E-state index in [1.165, 1.54) is 18.2 Å². The van der Waals surface area contributed by atoms with Crippen molar-refractivity contribution in [3.63, 3.8) is 0 Å². The van der Waals surface area contributed by atoms with E-state index in [9.17, 15) is 14.3 Å². The molecule has 0 radical (unpaired) electrons. The van der Waals surface area contributed by atoms with E-state index in [0.717, 1.165) is 16.3 Å². The van der Waals surface area contributed by atoms with Gasteiger partial charge in [0, 0.05) is 5.56 Å². The number of hydrogen-bond donors (Lipinski definition) is 1. The Bertz CT molecular complexity index is 834. The van der Waals surface area contributed by atoms with Crippen molar-refractivity contribution in [3.05, 3.63) is 83.2 Å². The van der Waals surface area contributed by atoms with Gasteiger partial charge in [-0.05, 0) is 41.3 Å². The first-order chi connectivity index (χ1) is 10.7. The highest BCUT2D eigenvalue weighted by atomic mass is 19.1. The second kappa shape index (κ2) is 5.98. The van der Waals surface area contributed by atoms with Crippen molar-refractivity contribution in [2.24, 2.45) is 0 Å². The molecule has 0 unspecified atom stereocenters. The molecule has 3 heteroatoms. The van der Waals surface area contributed by atoms with Crippen molar-refractivity contribution >= 4 is 16.7 Å². The summed E-state index contributed by atoms with van der Waals surface area (Å²) < 4.78 is 14.0. The van der Waals surface area contributed by atoms with E-state index < -0.39 is 11.8 Å². The molecule has 0 aromatic heterocycles. The SMILES string of the molecule is O=C(O)c1cccc(F)c1CCc1cccc2ccccc12. The standard InChI is InChI=1S/C19H15FO2/c20-18-10-4-9-17(19(21)22)16(18)12-11-14-7-3-6-13-5-1-2-8-15(13)14/h1-10H,11-12H2,(H,21,22). The first-order valence-corrected chi connectivity index (χ1v) is 7.14. The second-order valence-corrected chi connectivity index (χ2v) is 5.21. The molecule has 3 aromatic carbocycles. The summed E-state index contributed by atoms with van der Waals surface area (Å²) in [5.41, 5.74) is 1.40. The van der Waals surface area contributed by atoms with Crippen LogP contribution in [0.25, 0.3) is 10.8 Å². The maximum absolute atomic E-state index is 14.0. The molecule has 0 bridgehead atoms. The van der Waals surface area contributed by atoms with Crippen LogP contribution < -0.4 is 0 Å². The monoisotopic (exact) mass is 294 g/mol. The Hall–Kier alpha value is -2.68. The number of aryl methyl sites for hydroxylation is 1. The summed E-state index contributed by atoms with van der Waals surface area (Å²) in [6.07, 6.45) is 0.963. The molecule has 2 nitrogen and oxygen atoms in total. The van der Waals surface area contributed by atoms with Gasteiger partial charge in [-0.25, -0.2) is 9.18 Å². The summed E-state index contributed by atoms with van der Waals surface area (Å²) in [6, 6.07) is 18.2. The average Bonchev–Trinajstić information content (AvgIpc) is 2.53. The number of aromatic carboxylic acids is 1. The van der Waals surface area contributed by atoms with Crippen molar-refractivity contribution in [3.8, 4) is 0 Å². The highest BCUT2D eigenvalue weighted by molar-refractivity contribution is 5.89. The van der Waals surface area contributed by atoms with Crippen LogP contribution in [-0.2, 0) is 12.8 Å². The van der Waals surface area contributed by atoms with Crippen LogP contribution in [0.1, 0.15) is 21.5 Å². The Labute approximate surface area is 127 Å². The predicted molar refractivity (Wildman–Crippen MR) is 84.7 cm³/mol. The van der Waals surface area contributed by atoms with Gasteiger partial charge in [-0.2, -0.15) is 0 Å². The number of benzene rings is 3. The van der Waals surface area contributed by atoms with Gasteiger partial charge in [0.25, 0.3) is 0 Å². The van der Waals surface area contributed by atoms with Crippen LogP contribution in [0.5, 0.6) is 0 Å². The molecule has 0 aliphatic carbocycles. The van der Waals surface area contributed by atoms with Gasteiger partial charge in [0.05, 0.1) is 5.56 Å². The molecule has 0 fully saturated rings. The Morgan fingerprint density at radius 3 is 2.45 bits per heavy atom. The second-order valence-electron chi connectivity index (χ2n) is 5.21. The first-order valence-electron chi connectivity index (χ1n) is 7.14. The molecule has 0 spiro atoms. The van der Waals surface area contributed by atoms with Gasteiger partial charge in [-0.15, -0.1) is 0 Å². The third kappa shape index (κ3) is 2.70. The molecule has 0 heterocycles. The van der Waals surface area contributed by atoms with Crippen LogP contribution in [0.15, 0.2) is 60.7 Å². The molecule has 3 aromatic rings. The number of carbonyl (C=O) groups is 1. The van der Waals surface area contributed by atoms with Crippen LogP contribution in [0, 0.1) is 5.82 Å². The highest BCUT2D eigenvalue weighted by Crippen LogP contribution is 2.22. The third-order valence-electron chi connectivity index (χ3n) is 3.87. The van der Waals surface area contributed by atoms with E-state index in [1.807, 2.05) is 42.5 Å². The zero-order valence-corrected chi connectivity index (χ0v) is 11.9. The normalized spacial score (nSPS) is 10.8. The molecule has 22 heavy (non-hydrogen) atoms. The number of rotatable bonds is 4. The van der Waals surface area contributed by atoms with E-state index in [2.05, 4.69) is 0 Å². The molecule has 0 aliphatic rings. The lowest BCUT2D eigenvalue weighted by atomic mass is 9.96. The fourth-order valence-corrected chi connectivity index (χ4v) is 2.78. The third-order valence-corrected chi connectivity index (χ3v) is 3.87. The lowest BCUT2D eigenvalue weighted by Crippen LogP contribution is -2.06. The topological polar surface area (TPSA) is 37.3 Å². The molecule has 0 atom stereocenters. The van der Waals surface area contributed by atoms with Gasteiger partial charge in [0.15, 0.2) is 0 Å². The molecule has 0 saturated carbocycles. The smallest absolute Gasteiger partial charge is 0.336 e. The quantitative estimate of drug-likeness (QED) is 0.771. The number of carboxylic acid groups (broad SMARTS) is 1. The maximum Gasteiger partial charge on any atom is 0.336 e. The summed E-state index contributed by atoms with van der Waals surface area (Å²) in [6.45, 7) is 0. The largest absolute Gasteiger partial charge is 0.478 e. The van der Waals surface area contributed by atoms with Gasteiger partial charge < -0.3 is 5.11 Å². The summed E-state index contributed by atoms with van der Waals surface area (Å²) in [5.74, 6) is -1.55. The number of hydrogen-bond acceptors (Lipinski definition) is 1. The van der Waals surface area contributed by atoms with Gasteiger partial charge in [0.2, 0.25) is 0 Å². The summed E-state index contributed by atoms with van der Waals surface area (Å²) in [7, 11) is 0. The minimum absolute atomic E-state index is 0.0419. The summed E-state index contributed by atoms with van der Waals surface area (Å²) in [5, 5.41) is 11.4. The minimum atomic E-state index is -1.09. The molecule has 0 saturated heterocycles. The van der Waals surface area contributed by atoms with Crippen LogP contribution >= 0.6 is 0 Å². The van der Waals surface area contributed by atoms with Crippen LogP contribution in [0.4, 0.5) is 4.39 Å². The Balaban J connectivity index is 1.94. The summed E-state index contributed by atoms with van der Waals surface area (Å²) in [4.78, 5) is 11.2. The van der Waals surface area contributed by atoms with Crippen molar-refractivity contribution < 1.29 is 14.3 Å². The van der Waals surface area contributed by atoms with E-state index in [1.54, 1.807) is 0 Å². The maximum atomic E-state index is 14.0. The van der Waals surface area contributed by atoms with Crippen LogP contribution in [0.2, 0.25) is 0 Å². The van der Waals surface area contributed by atoms with E-state index in [4.69, 9.17) is 0 Å². The molecular weight excluding hydrogens is 279 g/mol. The van der Waals surface area contributed by atoms with Crippen LogP contribution in [0.3, 0.4) is 0 Å². The fourth-order valence-electron chi connectivity index (χ4n) is 2.78. The summed E-state index contributed by atoms with van der Waals surface area (Å²) >= 11 is 0. The first kappa shape index (κ1) is 14.3. The van der Waals surface area contributed by atoms with E-state index in [0.29, 0.717) is 12.8 Å². The van der Waals surface area contributed by atoms with Crippen molar-refractivity contribution in [2.45, 2.75) is 12.8 Å². The van der Waals surface area contributed by atoms with Gasteiger partial charge in [-0.3, -0.25) is 0 Å². The predicted octanol–water partition coefficient (Wildman–Crippen LogP) is 4.46. The Morgan fingerprint density at radius 2 is 1.64 bits per heavy atom. The Kier molecular flexibility index (Phi) is 3.88. The number of carboxylic acids is 1. The molecule has 0 aliphatic heterocycles. The minimum Gasteiger partial charge on any atom is -0.478 e. The Morgan fingerprint density at radius 1 is 0.909 bits per heavy atom. The van der Waals surface area contributed by atoms with E-state index >= 15 is 0 Å². The highest BCUT2D eigenvalue weighted by Gasteiger charge is 2.14. The number of halogens is 1. The van der Waals surface area contributed by atoms with Gasteiger partial charge in [0.1, 0.15) is 5.82 Å².